The Balaban J connectivity index is 1.86. The van der Waals surface area contributed by atoms with Crippen LogP contribution in [0.2, 0.25) is 0 Å². The van der Waals surface area contributed by atoms with Crippen molar-refractivity contribution >= 4 is 17.6 Å². The normalized spacial score (nSPS) is 23.3. The molecule has 5 N–H and O–H groups in total. The molecule has 19 heavy (non-hydrogen) atoms. The summed E-state index contributed by atoms with van der Waals surface area (Å²) in [6, 6.07) is 1.50. The molecule has 1 atom stereocenters. The third kappa shape index (κ3) is 3.31. The van der Waals surface area contributed by atoms with Crippen molar-refractivity contribution in [1.82, 2.24) is 15.5 Å². The average molecular weight is 265 g/mol. The van der Waals surface area contributed by atoms with E-state index in [-0.39, 0.29) is 17.9 Å². The van der Waals surface area contributed by atoms with E-state index < -0.39 is 6.04 Å². The van der Waals surface area contributed by atoms with Crippen LogP contribution in [0.15, 0.2) is 6.07 Å². The maximum atomic E-state index is 11.4. The van der Waals surface area contributed by atoms with E-state index in [1.807, 2.05) is 6.07 Å². The number of carbonyl (C=O) groups excluding carboxylic acids is 2. The summed E-state index contributed by atoms with van der Waals surface area (Å²) >= 11 is 0. The number of rotatable bonds is 4. The lowest BCUT2D eigenvalue weighted by molar-refractivity contribution is -0.120. The van der Waals surface area contributed by atoms with Crippen LogP contribution in [0.3, 0.4) is 0 Å². The van der Waals surface area contributed by atoms with Gasteiger partial charge in [0.2, 0.25) is 11.8 Å². The second kappa shape index (κ2) is 5.40. The van der Waals surface area contributed by atoms with Gasteiger partial charge in [-0.25, -0.2) is 0 Å². The fourth-order valence-electron chi connectivity index (χ4n) is 2.12. The number of H-pyrrole nitrogens is 1. The van der Waals surface area contributed by atoms with Crippen LogP contribution >= 0.6 is 0 Å². The van der Waals surface area contributed by atoms with Crippen LogP contribution in [-0.4, -0.2) is 34.1 Å². The van der Waals surface area contributed by atoms with Gasteiger partial charge in [0, 0.05) is 24.9 Å². The Hall–Kier alpha value is -1.89. The van der Waals surface area contributed by atoms with Crippen molar-refractivity contribution in [3.63, 3.8) is 0 Å². The van der Waals surface area contributed by atoms with Gasteiger partial charge in [0.15, 0.2) is 0 Å². The lowest BCUT2D eigenvalue weighted by atomic mass is 9.78. The minimum Gasteiger partial charge on any atom is -0.354 e. The van der Waals surface area contributed by atoms with E-state index in [4.69, 9.17) is 5.73 Å². The Morgan fingerprint density at radius 3 is 2.79 bits per heavy atom. The predicted molar refractivity (Wildman–Crippen MR) is 70.4 cm³/mol. The number of anilines is 1. The smallest absolute Gasteiger partial charge is 0.242 e. The largest absolute Gasteiger partial charge is 0.354 e. The molecule has 104 valence electrons. The topological polar surface area (TPSA) is 113 Å². The molecule has 1 fully saturated rings. The zero-order valence-corrected chi connectivity index (χ0v) is 11.1. The first-order valence-corrected chi connectivity index (χ1v) is 6.34. The van der Waals surface area contributed by atoms with Crippen LogP contribution in [0, 0.1) is 0 Å². The van der Waals surface area contributed by atoms with Crippen molar-refractivity contribution in [2.75, 3.05) is 5.32 Å². The first-order chi connectivity index (χ1) is 8.95. The maximum absolute atomic E-state index is 11.4. The first kappa shape index (κ1) is 13.5. The molecular weight excluding hydrogens is 246 g/mol. The van der Waals surface area contributed by atoms with Crippen LogP contribution in [0.25, 0.3) is 0 Å². The van der Waals surface area contributed by atoms with Gasteiger partial charge in [-0.15, -0.1) is 0 Å². The monoisotopic (exact) mass is 265 g/mol. The lowest BCUT2D eigenvalue weighted by Crippen LogP contribution is -2.42. The van der Waals surface area contributed by atoms with E-state index in [0.717, 1.165) is 18.5 Å². The Bertz CT molecular complexity index is 476. The average Bonchev–Trinajstić information content (AvgIpc) is 2.70. The van der Waals surface area contributed by atoms with Gasteiger partial charge in [0.05, 0.1) is 11.7 Å². The van der Waals surface area contributed by atoms with Gasteiger partial charge in [-0.3, -0.25) is 14.7 Å². The number of nitrogens with two attached hydrogens (primary N) is 1. The van der Waals surface area contributed by atoms with Gasteiger partial charge in [-0.05, 0) is 19.8 Å². The molecule has 0 spiro atoms. The van der Waals surface area contributed by atoms with E-state index in [9.17, 15) is 9.59 Å². The molecule has 0 aromatic carbocycles. The summed E-state index contributed by atoms with van der Waals surface area (Å²) < 4.78 is 0. The maximum Gasteiger partial charge on any atom is 0.242 e. The molecule has 7 heteroatoms. The van der Waals surface area contributed by atoms with Crippen LogP contribution < -0.4 is 16.4 Å². The molecule has 1 unspecified atom stereocenters. The fourth-order valence-corrected chi connectivity index (χ4v) is 2.12. The zero-order chi connectivity index (χ0) is 14.0. The highest BCUT2D eigenvalue weighted by molar-refractivity contribution is 5.93. The molecule has 1 aromatic rings. The Morgan fingerprint density at radius 1 is 1.53 bits per heavy atom. The summed E-state index contributed by atoms with van der Waals surface area (Å²) in [6.45, 7) is 3.14. The summed E-state index contributed by atoms with van der Waals surface area (Å²) in [7, 11) is 0. The number of aromatic nitrogens is 2. The Kier molecular flexibility index (Phi) is 3.84. The molecule has 1 saturated carbocycles. The zero-order valence-electron chi connectivity index (χ0n) is 11.1. The van der Waals surface area contributed by atoms with Crippen LogP contribution in [0.1, 0.15) is 38.3 Å². The van der Waals surface area contributed by atoms with Crippen molar-refractivity contribution in [3.8, 4) is 0 Å². The molecule has 0 aliphatic heterocycles. The quantitative estimate of drug-likeness (QED) is 0.617. The molecule has 2 amide bonds. The first-order valence-electron chi connectivity index (χ1n) is 6.34. The Labute approximate surface area is 111 Å². The van der Waals surface area contributed by atoms with Crippen molar-refractivity contribution in [3.05, 3.63) is 11.8 Å². The van der Waals surface area contributed by atoms with E-state index >= 15 is 0 Å². The van der Waals surface area contributed by atoms with Gasteiger partial charge >= 0.3 is 0 Å². The summed E-state index contributed by atoms with van der Waals surface area (Å²) in [4.78, 5) is 22.3. The van der Waals surface area contributed by atoms with Crippen LogP contribution in [0.4, 0.5) is 5.82 Å². The molecule has 0 radical (unpaired) electrons. The van der Waals surface area contributed by atoms with E-state index in [2.05, 4.69) is 20.8 Å². The van der Waals surface area contributed by atoms with Gasteiger partial charge in [-0.2, -0.15) is 5.10 Å². The van der Waals surface area contributed by atoms with Crippen molar-refractivity contribution in [2.24, 2.45) is 5.73 Å². The summed E-state index contributed by atoms with van der Waals surface area (Å²) in [5, 5.41) is 12.5. The molecule has 0 saturated heterocycles. The van der Waals surface area contributed by atoms with Gasteiger partial charge in [-0.1, -0.05) is 0 Å². The summed E-state index contributed by atoms with van der Waals surface area (Å²) in [5.74, 6) is 0.629. The predicted octanol–water partition coefficient (Wildman–Crippen LogP) is 0.0775. The number of aromatic amines is 1. The molecular formula is C12H19N5O2. The molecule has 1 heterocycles. The molecule has 1 aromatic heterocycles. The van der Waals surface area contributed by atoms with Crippen LogP contribution in [-0.2, 0) is 9.59 Å². The highest BCUT2D eigenvalue weighted by Gasteiger charge is 2.32. The van der Waals surface area contributed by atoms with Crippen molar-refractivity contribution < 1.29 is 9.59 Å². The number of carbonyl (C=O) groups is 2. The summed E-state index contributed by atoms with van der Waals surface area (Å²) in [6.07, 6.45) is 1.76. The van der Waals surface area contributed by atoms with Gasteiger partial charge < -0.3 is 16.4 Å². The number of nitrogens with zero attached hydrogens (tertiary/aromatic N) is 1. The standard InChI is InChI=1S/C12H19N5O2/c1-6(13)12(19)15-11-5-10(16-17-11)8-3-9(4-8)14-7(2)18/h5-6,8-9H,3-4,13H2,1-2H3,(H,14,18)(H2,15,16,17,19). The third-order valence-corrected chi connectivity index (χ3v) is 3.23. The second-order valence-corrected chi connectivity index (χ2v) is 5.05. The highest BCUT2D eigenvalue weighted by atomic mass is 16.2. The van der Waals surface area contributed by atoms with E-state index in [1.54, 1.807) is 6.92 Å². The number of nitrogens with one attached hydrogen (secondary N) is 3. The number of amides is 2. The summed E-state index contributed by atoms with van der Waals surface area (Å²) in [5.41, 5.74) is 6.37. The fraction of sp³-hybridized carbons (Fsp3) is 0.583. The minimum absolute atomic E-state index is 0.00429. The molecule has 7 nitrogen and oxygen atoms in total. The minimum atomic E-state index is -0.556. The number of hydrogen-bond donors (Lipinski definition) is 4. The molecule has 2 rings (SSSR count). The second-order valence-electron chi connectivity index (χ2n) is 5.05. The van der Waals surface area contributed by atoms with Gasteiger partial charge in [0.25, 0.3) is 0 Å². The third-order valence-electron chi connectivity index (χ3n) is 3.23. The van der Waals surface area contributed by atoms with Crippen molar-refractivity contribution in [2.45, 2.75) is 44.7 Å². The van der Waals surface area contributed by atoms with Crippen LogP contribution in [0.5, 0.6) is 0 Å². The Morgan fingerprint density at radius 2 is 2.21 bits per heavy atom. The van der Waals surface area contributed by atoms with Crippen molar-refractivity contribution in [1.29, 1.82) is 0 Å². The van der Waals surface area contributed by atoms with E-state index in [1.165, 1.54) is 6.92 Å². The lowest BCUT2D eigenvalue weighted by Gasteiger charge is -2.34. The number of hydrogen-bond acceptors (Lipinski definition) is 4. The molecule has 0 bridgehead atoms. The molecule has 1 aliphatic carbocycles. The van der Waals surface area contributed by atoms with E-state index in [0.29, 0.717) is 11.7 Å². The van der Waals surface area contributed by atoms with Gasteiger partial charge in [0.1, 0.15) is 5.82 Å². The molecule has 1 aliphatic rings. The SMILES string of the molecule is CC(=O)NC1CC(c2cc(NC(=O)C(C)N)[nH]n2)C1. The highest BCUT2D eigenvalue weighted by Crippen LogP contribution is 2.36.